The van der Waals surface area contributed by atoms with Gasteiger partial charge in [-0.05, 0) is 18.2 Å². The van der Waals surface area contributed by atoms with Crippen molar-refractivity contribution in [1.29, 1.82) is 5.41 Å². The fourth-order valence-corrected chi connectivity index (χ4v) is 0.718. The van der Waals surface area contributed by atoms with Crippen LogP contribution in [0.25, 0.3) is 0 Å². The third kappa shape index (κ3) is 1.07. The molecule has 0 fully saturated rings. The highest BCUT2D eigenvalue weighted by molar-refractivity contribution is 5.86. The van der Waals surface area contributed by atoms with Crippen LogP contribution in [0.5, 0.6) is 0 Å². The van der Waals surface area contributed by atoms with Gasteiger partial charge in [0.2, 0.25) is 0 Å². The Kier molecular flexibility index (Phi) is 1.58. The molecule has 0 saturated heterocycles. The molecule has 0 radical (unpaired) electrons. The van der Waals surface area contributed by atoms with Crippen LogP contribution in [0.4, 0.5) is 11.4 Å². The number of nitrogens with one attached hydrogen (secondary N) is 1. The van der Waals surface area contributed by atoms with Crippen LogP contribution in [-0.4, -0.2) is 6.21 Å². The van der Waals surface area contributed by atoms with E-state index in [1.165, 1.54) is 6.21 Å². The quantitative estimate of drug-likeness (QED) is 0.394. The normalized spacial score (nSPS) is 9.20. The van der Waals surface area contributed by atoms with Gasteiger partial charge < -0.3 is 16.9 Å². The molecule has 0 atom stereocenters. The molecular weight excluding hydrogens is 126 g/mol. The van der Waals surface area contributed by atoms with E-state index in [-0.39, 0.29) is 0 Å². The molecule has 1 aromatic carbocycles. The Balaban J connectivity index is 3.21. The lowest BCUT2D eigenvalue weighted by Gasteiger charge is -1.98. The molecule has 0 spiro atoms. The summed E-state index contributed by atoms with van der Waals surface area (Å²) in [5.41, 5.74) is 12.8. The number of hydrogen-bond acceptors (Lipinski definition) is 3. The second-order valence-electron chi connectivity index (χ2n) is 2.03. The molecule has 0 heterocycles. The van der Waals surface area contributed by atoms with Crippen LogP contribution in [-0.2, 0) is 0 Å². The lowest BCUT2D eigenvalue weighted by molar-refractivity contribution is 1.54. The Bertz CT molecular complexity index is 255. The van der Waals surface area contributed by atoms with E-state index >= 15 is 0 Å². The van der Waals surface area contributed by atoms with E-state index < -0.39 is 0 Å². The van der Waals surface area contributed by atoms with Crippen molar-refractivity contribution in [2.75, 3.05) is 11.5 Å². The predicted molar refractivity (Wildman–Crippen MR) is 43.2 cm³/mol. The van der Waals surface area contributed by atoms with E-state index in [0.717, 1.165) is 0 Å². The maximum absolute atomic E-state index is 6.92. The number of anilines is 2. The van der Waals surface area contributed by atoms with Gasteiger partial charge in [-0.3, -0.25) is 0 Å². The largest absolute Gasteiger partial charge is 0.399 e. The minimum Gasteiger partial charge on any atom is -0.399 e. The minimum atomic E-state index is 0.587. The molecule has 0 unspecified atom stereocenters. The first kappa shape index (κ1) is 6.61. The van der Waals surface area contributed by atoms with Gasteiger partial charge in [-0.1, -0.05) is 0 Å². The van der Waals surface area contributed by atoms with Crippen LogP contribution < -0.4 is 11.5 Å². The fourth-order valence-electron chi connectivity index (χ4n) is 0.718. The first-order chi connectivity index (χ1) is 4.74. The summed E-state index contributed by atoms with van der Waals surface area (Å²) in [5.74, 6) is 0. The second-order valence-corrected chi connectivity index (χ2v) is 2.03. The zero-order valence-electron chi connectivity index (χ0n) is 5.46. The zero-order chi connectivity index (χ0) is 7.56. The molecule has 0 aliphatic carbocycles. The summed E-state index contributed by atoms with van der Waals surface area (Å²) in [6, 6.07) is 5.07. The van der Waals surface area contributed by atoms with Gasteiger partial charge in [0.15, 0.2) is 0 Å². The first-order valence-corrected chi connectivity index (χ1v) is 2.89. The third-order valence-corrected chi connectivity index (χ3v) is 1.27. The predicted octanol–water partition coefficient (Wildman–Crippen LogP) is 0.849. The highest BCUT2D eigenvalue weighted by Gasteiger charge is 1.93. The molecule has 52 valence electrons. The van der Waals surface area contributed by atoms with Crippen LogP contribution in [0.2, 0.25) is 0 Å². The Hall–Kier alpha value is -1.51. The molecule has 5 N–H and O–H groups in total. The molecular formula is C7H9N3. The Morgan fingerprint density at radius 2 is 2.00 bits per heavy atom. The Labute approximate surface area is 59.2 Å². The molecule has 0 amide bonds. The molecule has 0 aliphatic rings. The average Bonchev–Trinajstić information content (AvgIpc) is 1.94. The Morgan fingerprint density at radius 1 is 1.30 bits per heavy atom. The molecule has 1 rings (SSSR count). The highest BCUT2D eigenvalue weighted by atomic mass is 14.6. The summed E-state index contributed by atoms with van der Waals surface area (Å²) >= 11 is 0. The van der Waals surface area contributed by atoms with E-state index in [9.17, 15) is 0 Å². The first-order valence-electron chi connectivity index (χ1n) is 2.89. The number of benzene rings is 1. The van der Waals surface area contributed by atoms with E-state index in [1.54, 1.807) is 18.2 Å². The summed E-state index contributed by atoms with van der Waals surface area (Å²) in [4.78, 5) is 0. The number of nitrogen functional groups attached to an aromatic ring is 2. The van der Waals surface area contributed by atoms with Crippen molar-refractivity contribution in [3.05, 3.63) is 23.8 Å². The van der Waals surface area contributed by atoms with Gasteiger partial charge in [0.05, 0.1) is 0 Å². The van der Waals surface area contributed by atoms with Crippen molar-refractivity contribution in [2.45, 2.75) is 0 Å². The van der Waals surface area contributed by atoms with E-state index in [0.29, 0.717) is 16.9 Å². The molecule has 0 bridgehead atoms. The van der Waals surface area contributed by atoms with Crippen molar-refractivity contribution in [2.24, 2.45) is 0 Å². The van der Waals surface area contributed by atoms with Gasteiger partial charge in [-0.15, -0.1) is 0 Å². The second kappa shape index (κ2) is 2.39. The summed E-state index contributed by atoms with van der Waals surface area (Å²) in [6.07, 6.45) is 1.19. The SMILES string of the molecule is N=Cc1cc(N)ccc1N. The van der Waals surface area contributed by atoms with Gasteiger partial charge in [0.1, 0.15) is 0 Å². The molecule has 1 aromatic rings. The topological polar surface area (TPSA) is 75.9 Å². The van der Waals surface area contributed by atoms with Crippen LogP contribution >= 0.6 is 0 Å². The van der Waals surface area contributed by atoms with Crippen molar-refractivity contribution < 1.29 is 0 Å². The summed E-state index contributed by atoms with van der Waals surface area (Å²) in [5, 5.41) is 6.92. The molecule has 10 heavy (non-hydrogen) atoms. The third-order valence-electron chi connectivity index (χ3n) is 1.27. The van der Waals surface area contributed by atoms with Crippen molar-refractivity contribution >= 4 is 17.6 Å². The van der Waals surface area contributed by atoms with Crippen molar-refractivity contribution in [3.63, 3.8) is 0 Å². The van der Waals surface area contributed by atoms with Crippen LogP contribution in [0.3, 0.4) is 0 Å². The highest BCUT2D eigenvalue weighted by Crippen LogP contribution is 2.12. The van der Waals surface area contributed by atoms with Crippen LogP contribution in [0, 0.1) is 5.41 Å². The van der Waals surface area contributed by atoms with Gasteiger partial charge in [0.25, 0.3) is 0 Å². The zero-order valence-corrected chi connectivity index (χ0v) is 5.46. The maximum atomic E-state index is 6.92. The van der Waals surface area contributed by atoms with Crippen molar-refractivity contribution in [3.8, 4) is 0 Å². The maximum Gasteiger partial charge on any atom is 0.0404 e. The van der Waals surface area contributed by atoms with Gasteiger partial charge in [-0.2, -0.15) is 0 Å². The monoisotopic (exact) mass is 135 g/mol. The molecule has 0 saturated carbocycles. The molecule has 3 heteroatoms. The summed E-state index contributed by atoms with van der Waals surface area (Å²) in [7, 11) is 0. The van der Waals surface area contributed by atoms with Gasteiger partial charge in [0, 0.05) is 23.2 Å². The van der Waals surface area contributed by atoms with E-state index in [1.807, 2.05) is 0 Å². The molecule has 0 aromatic heterocycles. The Morgan fingerprint density at radius 3 is 2.50 bits per heavy atom. The number of rotatable bonds is 1. The fraction of sp³-hybridized carbons (Fsp3) is 0. The number of hydrogen-bond donors (Lipinski definition) is 3. The van der Waals surface area contributed by atoms with E-state index in [2.05, 4.69) is 0 Å². The minimum absolute atomic E-state index is 0.587. The lowest BCUT2D eigenvalue weighted by atomic mass is 10.2. The summed E-state index contributed by atoms with van der Waals surface area (Å²) in [6.45, 7) is 0. The van der Waals surface area contributed by atoms with Crippen LogP contribution in [0.1, 0.15) is 5.56 Å². The van der Waals surface area contributed by atoms with Gasteiger partial charge >= 0.3 is 0 Å². The van der Waals surface area contributed by atoms with Gasteiger partial charge in [-0.25, -0.2) is 0 Å². The van der Waals surface area contributed by atoms with Crippen LogP contribution in [0.15, 0.2) is 18.2 Å². The standard InChI is InChI=1S/C7H9N3/c8-4-5-3-6(9)1-2-7(5)10/h1-4,8H,9-10H2. The smallest absolute Gasteiger partial charge is 0.0404 e. The molecule has 3 nitrogen and oxygen atoms in total. The number of nitrogens with two attached hydrogens (primary N) is 2. The summed E-state index contributed by atoms with van der Waals surface area (Å²) < 4.78 is 0. The molecule has 0 aliphatic heterocycles. The van der Waals surface area contributed by atoms with E-state index in [4.69, 9.17) is 16.9 Å². The average molecular weight is 135 g/mol. The van der Waals surface area contributed by atoms with Crippen molar-refractivity contribution in [1.82, 2.24) is 0 Å². The lowest BCUT2D eigenvalue weighted by Crippen LogP contribution is -1.94.